The van der Waals surface area contributed by atoms with Gasteiger partial charge in [-0.3, -0.25) is 0 Å². The van der Waals surface area contributed by atoms with Crippen LogP contribution in [0.4, 0.5) is 0 Å². The summed E-state index contributed by atoms with van der Waals surface area (Å²) in [5.74, 6) is 0. The fourth-order valence-electron chi connectivity index (χ4n) is 0.951. The van der Waals surface area contributed by atoms with E-state index in [1.807, 2.05) is 0 Å². The van der Waals surface area contributed by atoms with Crippen molar-refractivity contribution in [1.29, 1.82) is 5.26 Å². The van der Waals surface area contributed by atoms with Crippen molar-refractivity contribution in [3.63, 3.8) is 0 Å². The van der Waals surface area contributed by atoms with Crippen LogP contribution < -0.4 is 5.73 Å². The average Bonchev–Trinajstić information content (AvgIpc) is 2.65. The predicted molar refractivity (Wildman–Crippen MR) is 45.8 cm³/mol. The second-order valence-electron chi connectivity index (χ2n) is 3.11. The standard InChI is InChI=1S/C7H11N5O2/c8-5-12-2-6(10-11-12)1-7(9,3-13)4-14/h2,13-14H,1,3-4,9H2. The Morgan fingerprint density at radius 2 is 2.21 bits per heavy atom. The lowest BCUT2D eigenvalue weighted by Gasteiger charge is -2.22. The number of aromatic nitrogens is 3. The molecule has 0 radical (unpaired) electrons. The van der Waals surface area contributed by atoms with Crippen molar-refractivity contribution >= 4 is 0 Å². The Hall–Kier alpha value is -1.49. The fourth-order valence-corrected chi connectivity index (χ4v) is 0.951. The topological polar surface area (TPSA) is 121 Å². The highest BCUT2D eigenvalue weighted by molar-refractivity contribution is 5.03. The second kappa shape index (κ2) is 4.15. The zero-order chi connectivity index (χ0) is 10.6. The van der Waals surface area contributed by atoms with Gasteiger partial charge in [-0.05, 0) is 0 Å². The van der Waals surface area contributed by atoms with E-state index in [-0.39, 0.29) is 19.6 Å². The van der Waals surface area contributed by atoms with Crippen LogP contribution in [0.15, 0.2) is 6.20 Å². The van der Waals surface area contributed by atoms with E-state index in [1.54, 1.807) is 6.19 Å². The molecule has 0 saturated carbocycles. The molecule has 7 nitrogen and oxygen atoms in total. The van der Waals surface area contributed by atoms with Crippen LogP contribution in [0.25, 0.3) is 0 Å². The third-order valence-electron chi connectivity index (χ3n) is 1.81. The normalized spacial score (nSPS) is 11.3. The number of nitrogens with two attached hydrogens (primary N) is 1. The highest BCUT2D eigenvalue weighted by Gasteiger charge is 2.24. The molecule has 1 aromatic rings. The summed E-state index contributed by atoms with van der Waals surface area (Å²) < 4.78 is 0.977. The van der Waals surface area contributed by atoms with Crippen molar-refractivity contribution in [3.05, 3.63) is 11.9 Å². The van der Waals surface area contributed by atoms with E-state index in [0.717, 1.165) is 4.68 Å². The first-order valence-electron chi connectivity index (χ1n) is 3.95. The molecule has 0 amide bonds. The number of nitrogens with zero attached hydrogens (tertiary/aromatic N) is 4. The largest absolute Gasteiger partial charge is 0.394 e. The van der Waals surface area contributed by atoms with E-state index in [4.69, 9.17) is 21.2 Å². The van der Waals surface area contributed by atoms with Crippen molar-refractivity contribution < 1.29 is 10.2 Å². The maximum Gasteiger partial charge on any atom is 0.207 e. The van der Waals surface area contributed by atoms with Crippen LogP contribution in [0.1, 0.15) is 5.69 Å². The van der Waals surface area contributed by atoms with Gasteiger partial charge in [0, 0.05) is 6.42 Å². The number of nitriles is 1. The molecule has 1 rings (SSSR count). The monoisotopic (exact) mass is 197 g/mol. The summed E-state index contributed by atoms with van der Waals surface area (Å²) >= 11 is 0. The first kappa shape index (κ1) is 10.6. The minimum atomic E-state index is -1.11. The van der Waals surface area contributed by atoms with Gasteiger partial charge in [-0.15, -0.1) is 5.10 Å². The quantitative estimate of drug-likeness (QED) is 0.505. The van der Waals surface area contributed by atoms with Crippen molar-refractivity contribution in [2.24, 2.45) is 5.73 Å². The summed E-state index contributed by atoms with van der Waals surface area (Å²) in [7, 11) is 0. The van der Waals surface area contributed by atoms with E-state index < -0.39 is 5.54 Å². The Labute approximate surface area is 80.4 Å². The molecule has 0 saturated heterocycles. The Balaban J connectivity index is 2.73. The first-order chi connectivity index (χ1) is 6.63. The molecular weight excluding hydrogens is 186 g/mol. The Kier molecular flexibility index (Phi) is 3.14. The average molecular weight is 197 g/mol. The minimum absolute atomic E-state index is 0.168. The molecular formula is C7H11N5O2. The lowest BCUT2D eigenvalue weighted by molar-refractivity contribution is 0.120. The SMILES string of the molecule is N#Cn1cc(CC(N)(CO)CO)nn1. The van der Waals surface area contributed by atoms with Crippen LogP contribution in [-0.4, -0.2) is 44.0 Å². The molecule has 1 aromatic heterocycles. The number of aliphatic hydroxyl groups excluding tert-OH is 2. The molecule has 1 heterocycles. The number of rotatable bonds is 4. The van der Waals surface area contributed by atoms with Crippen LogP contribution in [-0.2, 0) is 6.42 Å². The lowest BCUT2D eigenvalue weighted by atomic mass is 9.97. The highest BCUT2D eigenvalue weighted by Crippen LogP contribution is 2.06. The summed E-state index contributed by atoms with van der Waals surface area (Å²) in [6.07, 6.45) is 3.31. The molecule has 76 valence electrons. The van der Waals surface area contributed by atoms with Crippen molar-refractivity contribution in [2.75, 3.05) is 13.2 Å². The number of hydrogen-bond acceptors (Lipinski definition) is 6. The molecule has 4 N–H and O–H groups in total. The van der Waals surface area contributed by atoms with E-state index >= 15 is 0 Å². The van der Waals surface area contributed by atoms with Crippen molar-refractivity contribution in [2.45, 2.75) is 12.0 Å². The molecule has 0 spiro atoms. The fraction of sp³-hybridized carbons (Fsp3) is 0.571. The molecule has 14 heavy (non-hydrogen) atoms. The van der Waals surface area contributed by atoms with Gasteiger partial charge in [-0.1, -0.05) is 5.21 Å². The van der Waals surface area contributed by atoms with Crippen LogP contribution in [0.2, 0.25) is 0 Å². The molecule has 0 aliphatic heterocycles. The van der Waals surface area contributed by atoms with E-state index in [9.17, 15) is 0 Å². The van der Waals surface area contributed by atoms with E-state index in [0.29, 0.717) is 5.69 Å². The zero-order valence-electron chi connectivity index (χ0n) is 7.46. The minimum Gasteiger partial charge on any atom is -0.394 e. The molecule has 0 fully saturated rings. The summed E-state index contributed by atoms with van der Waals surface area (Å²) in [5, 5.41) is 33.4. The molecule has 0 atom stereocenters. The van der Waals surface area contributed by atoms with Crippen LogP contribution in [0.5, 0.6) is 0 Å². The number of aliphatic hydroxyl groups is 2. The van der Waals surface area contributed by atoms with Gasteiger partial charge in [0.15, 0.2) is 0 Å². The van der Waals surface area contributed by atoms with Crippen LogP contribution in [0.3, 0.4) is 0 Å². The summed E-state index contributed by atoms with van der Waals surface area (Å²) in [6, 6.07) is 0. The molecule has 0 bridgehead atoms. The van der Waals surface area contributed by atoms with Crippen molar-refractivity contribution in [1.82, 2.24) is 15.0 Å². The summed E-state index contributed by atoms with van der Waals surface area (Å²) in [6.45, 7) is -0.716. The summed E-state index contributed by atoms with van der Waals surface area (Å²) in [4.78, 5) is 0. The Morgan fingerprint density at radius 3 is 2.64 bits per heavy atom. The van der Waals surface area contributed by atoms with Gasteiger partial charge < -0.3 is 15.9 Å². The Bertz CT molecular complexity index is 338. The van der Waals surface area contributed by atoms with E-state index in [2.05, 4.69) is 10.3 Å². The van der Waals surface area contributed by atoms with Gasteiger partial charge in [-0.25, -0.2) is 0 Å². The maximum atomic E-state index is 8.91. The smallest absolute Gasteiger partial charge is 0.207 e. The lowest BCUT2D eigenvalue weighted by Crippen LogP contribution is -2.49. The predicted octanol–water partition coefficient (Wildman–Crippen LogP) is -2.17. The Morgan fingerprint density at radius 1 is 1.57 bits per heavy atom. The van der Waals surface area contributed by atoms with Gasteiger partial charge in [0.2, 0.25) is 6.19 Å². The molecule has 0 aliphatic rings. The van der Waals surface area contributed by atoms with Gasteiger partial charge >= 0.3 is 0 Å². The van der Waals surface area contributed by atoms with Crippen LogP contribution in [0, 0.1) is 11.5 Å². The zero-order valence-corrected chi connectivity index (χ0v) is 7.46. The van der Waals surface area contributed by atoms with Crippen LogP contribution >= 0.6 is 0 Å². The van der Waals surface area contributed by atoms with E-state index in [1.165, 1.54) is 6.20 Å². The third kappa shape index (κ3) is 2.26. The molecule has 0 aliphatic carbocycles. The third-order valence-corrected chi connectivity index (χ3v) is 1.81. The van der Waals surface area contributed by atoms with Crippen molar-refractivity contribution in [3.8, 4) is 6.19 Å². The van der Waals surface area contributed by atoms with Gasteiger partial charge in [-0.2, -0.15) is 9.94 Å². The summed E-state index contributed by atoms with van der Waals surface area (Å²) in [5.41, 5.74) is 4.96. The van der Waals surface area contributed by atoms with Gasteiger partial charge in [0.05, 0.1) is 30.6 Å². The second-order valence-corrected chi connectivity index (χ2v) is 3.11. The first-order valence-corrected chi connectivity index (χ1v) is 3.95. The van der Waals surface area contributed by atoms with Gasteiger partial charge in [0.25, 0.3) is 0 Å². The molecule has 0 aromatic carbocycles. The highest BCUT2D eigenvalue weighted by atomic mass is 16.3. The molecule has 0 unspecified atom stereocenters. The maximum absolute atomic E-state index is 8.91. The molecule has 7 heteroatoms. The number of hydrogen-bond donors (Lipinski definition) is 3. The van der Waals surface area contributed by atoms with Gasteiger partial charge in [0.1, 0.15) is 0 Å².